The molecule has 1 aliphatic heterocycles. The number of rotatable bonds is 2. The van der Waals surface area contributed by atoms with E-state index in [0.29, 0.717) is 0 Å². The van der Waals surface area contributed by atoms with Gasteiger partial charge in [-0.2, -0.15) is 0 Å². The molecule has 1 aliphatic rings. The molecule has 0 N–H and O–H groups in total. The van der Waals surface area contributed by atoms with E-state index < -0.39 is 0 Å². The number of hydrogen-bond donors (Lipinski definition) is 0. The second-order valence-corrected chi connectivity index (χ2v) is 3.83. The summed E-state index contributed by atoms with van der Waals surface area (Å²) < 4.78 is 1.77. The van der Waals surface area contributed by atoms with Crippen LogP contribution in [0.5, 0.6) is 0 Å². The molecule has 0 atom stereocenters. The summed E-state index contributed by atoms with van der Waals surface area (Å²) in [6.45, 7) is 3.00. The van der Waals surface area contributed by atoms with Crippen molar-refractivity contribution in [2.24, 2.45) is 0 Å². The smallest absolute Gasteiger partial charge is 0.251 e. The van der Waals surface area contributed by atoms with Gasteiger partial charge in [-0.15, -0.1) is 0 Å². The van der Waals surface area contributed by atoms with Crippen molar-refractivity contribution in [3.05, 3.63) is 34.7 Å². The van der Waals surface area contributed by atoms with E-state index in [1.165, 1.54) is 19.3 Å². The lowest BCUT2D eigenvalue weighted by atomic mass is 10.1. The van der Waals surface area contributed by atoms with Gasteiger partial charge in [-0.1, -0.05) is 12.5 Å². The van der Waals surface area contributed by atoms with Crippen LogP contribution in [0.3, 0.4) is 0 Å². The number of hydrogen-bond acceptors (Lipinski definition) is 2. The third-order valence-corrected chi connectivity index (χ3v) is 2.70. The Morgan fingerprint density at radius 1 is 1.14 bits per heavy atom. The first-order valence-electron chi connectivity index (χ1n) is 5.24. The van der Waals surface area contributed by atoms with E-state index >= 15 is 0 Å². The number of likely N-dealkylation sites (tertiary alicyclic amines) is 1. The summed E-state index contributed by atoms with van der Waals surface area (Å²) in [7, 11) is 0. The predicted octanol–water partition coefficient (Wildman–Crippen LogP) is 1.29. The fraction of sp³-hybridized carbons (Fsp3) is 0.545. The highest BCUT2D eigenvalue weighted by atomic mass is 16.1. The van der Waals surface area contributed by atoms with Gasteiger partial charge in [0.15, 0.2) is 0 Å². The molecular formula is C11H16N2O. The molecule has 3 nitrogen and oxygen atoms in total. The van der Waals surface area contributed by atoms with E-state index in [1.807, 2.05) is 12.3 Å². The van der Waals surface area contributed by atoms with Crippen LogP contribution in [0, 0.1) is 0 Å². The third kappa shape index (κ3) is 2.23. The third-order valence-electron chi connectivity index (χ3n) is 2.70. The van der Waals surface area contributed by atoms with E-state index in [0.717, 1.165) is 19.8 Å². The van der Waals surface area contributed by atoms with Crippen molar-refractivity contribution in [2.45, 2.75) is 25.9 Å². The molecule has 1 fully saturated rings. The summed E-state index contributed by atoms with van der Waals surface area (Å²) >= 11 is 0. The average Bonchev–Trinajstić information content (AvgIpc) is 2.23. The lowest BCUT2D eigenvalue weighted by Gasteiger charge is -2.26. The van der Waals surface area contributed by atoms with Crippen molar-refractivity contribution < 1.29 is 0 Å². The Hall–Kier alpha value is -1.09. The molecule has 1 saturated heterocycles. The van der Waals surface area contributed by atoms with Gasteiger partial charge in [0.1, 0.15) is 0 Å². The van der Waals surface area contributed by atoms with Crippen LogP contribution >= 0.6 is 0 Å². The Labute approximate surface area is 84.0 Å². The van der Waals surface area contributed by atoms with E-state index in [2.05, 4.69) is 4.90 Å². The van der Waals surface area contributed by atoms with Gasteiger partial charge in [0, 0.05) is 12.3 Å². The van der Waals surface area contributed by atoms with Crippen LogP contribution in [-0.2, 0) is 6.67 Å². The highest BCUT2D eigenvalue weighted by Crippen LogP contribution is 2.08. The first-order chi connectivity index (χ1) is 6.86. The minimum atomic E-state index is 0.0954. The Morgan fingerprint density at radius 3 is 2.64 bits per heavy atom. The van der Waals surface area contributed by atoms with E-state index in [4.69, 9.17) is 0 Å². The second kappa shape index (κ2) is 4.42. The van der Waals surface area contributed by atoms with E-state index in [9.17, 15) is 4.79 Å². The SMILES string of the molecule is O=c1ccccn1CN1CCCCC1. The van der Waals surface area contributed by atoms with Crippen LogP contribution in [0.15, 0.2) is 29.2 Å². The number of aromatic nitrogens is 1. The zero-order chi connectivity index (χ0) is 9.80. The summed E-state index contributed by atoms with van der Waals surface area (Å²) in [5.74, 6) is 0. The molecule has 0 bridgehead atoms. The van der Waals surface area contributed by atoms with Crippen LogP contribution in [0.25, 0.3) is 0 Å². The first-order valence-corrected chi connectivity index (χ1v) is 5.24. The quantitative estimate of drug-likeness (QED) is 0.705. The van der Waals surface area contributed by atoms with Gasteiger partial charge in [-0.25, -0.2) is 0 Å². The standard InChI is InChI=1S/C11H16N2O/c14-11-6-2-5-9-13(11)10-12-7-3-1-4-8-12/h2,5-6,9H,1,3-4,7-8,10H2. The van der Waals surface area contributed by atoms with E-state index in [1.54, 1.807) is 16.7 Å². The van der Waals surface area contributed by atoms with Gasteiger partial charge < -0.3 is 4.57 Å². The molecule has 3 heteroatoms. The second-order valence-electron chi connectivity index (χ2n) is 3.83. The molecule has 0 amide bonds. The predicted molar refractivity (Wildman–Crippen MR) is 56.1 cm³/mol. The van der Waals surface area contributed by atoms with Gasteiger partial charge in [-0.3, -0.25) is 9.69 Å². The van der Waals surface area contributed by atoms with Crippen molar-refractivity contribution in [3.63, 3.8) is 0 Å². The first kappa shape index (κ1) is 9.46. The zero-order valence-electron chi connectivity index (χ0n) is 8.35. The summed E-state index contributed by atoms with van der Waals surface area (Å²) in [5.41, 5.74) is 0.0954. The molecule has 76 valence electrons. The molecule has 0 spiro atoms. The topological polar surface area (TPSA) is 25.2 Å². The largest absolute Gasteiger partial charge is 0.302 e. The van der Waals surface area contributed by atoms with E-state index in [-0.39, 0.29) is 5.56 Å². The Bertz CT molecular complexity index is 339. The molecule has 2 heterocycles. The molecule has 0 radical (unpaired) electrons. The number of pyridine rings is 1. The fourth-order valence-electron chi connectivity index (χ4n) is 1.89. The molecule has 0 aliphatic carbocycles. The molecule has 1 aromatic heterocycles. The average molecular weight is 192 g/mol. The lowest BCUT2D eigenvalue weighted by Crippen LogP contribution is -2.35. The van der Waals surface area contributed by atoms with Gasteiger partial charge in [0.25, 0.3) is 5.56 Å². The minimum Gasteiger partial charge on any atom is -0.302 e. The Kier molecular flexibility index (Phi) is 2.99. The molecule has 14 heavy (non-hydrogen) atoms. The molecule has 0 saturated carbocycles. The maximum Gasteiger partial charge on any atom is 0.251 e. The molecule has 0 aromatic carbocycles. The minimum absolute atomic E-state index is 0.0954. The fourth-order valence-corrected chi connectivity index (χ4v) is 1.89. The van der Waals surface area contributed by atoms with Crippen molar-refractivity contribution in [1.29, 1.82) is 0 Å². The zero-order valence-corrected chi connectivity index (χ0v) is 8.35. The van der Waals surface area contributed by atoms with Gasteiger partial charge in [0.2, 0.25) is 0 Å². The monoisotopic (exact) mass is 192 g/mol. The lowest BCUT2D eigenvalue weighted by molar-refractivity contribution is 0.180. The summed E-state index contributed by atoms with van der Waals surface area (Å²) in [6.07, 6.45) is 5.72. The summed E-state index contributed by atoms with van der Waals surface area (Å²) in [6, 6.07) is 5.31. The van der Waals surface area contributed by atoms with Crippen LogP contribution < -0.4 is 5.56 Å². The van der Waals surface area contributed by atoms with Crippen LogP contribution in [0.4, 0.5) is 0 Å². The van der Waals surface area contributed by atoms with Crippen molar-refractivity contribution in [2.75, 3.05) is 13.1 Å². The van der Waals surface area contributed by atoms with Crippen molar-refractivity contribution >= 4 is 0 Å². The molecular weight excluding hydrogens is 176 g/mol. The highest BCUT2D eigenvalue weighted by molar-refractivity contribution is 4.93. The molecule has 2 rings (SSSR count). The van der Waals surface area contributed by atoms with Gasteiger partial charge in [-0.05, 0) is 32.0 Å². The number of nitrogens with zero attached hydrogens (tertiary/aromatic N) is 2. The van der Waals surface area contributed by atoms with Gasteiger partial charge >= 0.3 is 0 Å². The normalized spacial score (nSPS) is 18.3. The Morgan fingerprint density at radius 2 is 1.93 bits per heavy atom. The summed E-state index contributed by atoms with van der Waals surface area (Å²) in [4.78, 5) is 13.8. The number of piperidine rings is 1. The van der Waals surface area contributed by atoms with Crippen LogP contribution in [0.2, 0.25) is 0 Å². The molecule has 1 aromatic rings. The maximum absolute atomic E-state index is 11.4. The van der Waals surface area contributed by atoms with Crippen molar-refractivity contribution in [3.8, 4) is 0 Å². The molecule has 0 unspecified atom stereocenters. The van der Waals surface area contributed by atoms with Crippen molar-refractivity contribution in [1.82, 2.24) is 9.47 Å². The van der Waals surface area contributed by atoms with Crippen LogP contribution in [0.1, 0.15) is 19.3 Å². The Balaban J connectivity index is 2.03. The summed E-state index contributed by atoms with van der Waals surface area (Å²) in [5, 5.41) is 0. The van der Waals surface area contributed by atoms with Crippen LogP contribution in [-0.4, -0.2) is 22.6 Å². The highest BCUT2D eigenvalue weighted by Gasteiger charge is 2.09. The van der Waals surface area contributed by atoms with Gasteiger partial charge in [0.05, 0.1) is 6.67 Å². The maximum atomic E-state index is 11.4.